The number of hydrogen-bond acceptors (Lipinski definition) is 2. The molecule has 2 nitrogen and oxygen atoms in total. The smallest absolute Gasteiger partial charge is 0.154 e. The van der Waals surface area contributed by atoms with E-state index in [4.69, 9.17) is 27.6 Å². The summed E-state index contributed by atoms with van der Waals surface area (Å²) < 4.78 is 5.87. The summed E-state index contributed by atoms with van der Waals surface area (Å²) in [6, 6.07) is 3.86. The Labute approximate surface area is 110 Å². The fraction of sp³-hybridized carbons (Fsp3) is 0.385. The van der Waals surface area contributed by atoms with Gasteiger partial charge in [-0.15, -0.1) is 0 Å². The van der Waals surface area contributed by atoms with Crippen molar-refractivity contribution in [1.82, 2.24) is 5.32 Å². The molecule has 0 unspecified atom stereocenters. The van der Waals surface area contributed by atoms with Crippen molar-refractivity contribution >= 4 is 34.2 Å². The summed E-state index contributed by atoms with van der Waals surface area (Å²) in [7, 11) is 1.92. The van der Waals surface area contributed by atoms with E-state index in [-0.39, 0.29) is 0 Å². The number of hydrogen-bond donors (Lipinski definition) is 1. The van der Waals surface area contributed by atoms with Crippen LogP contribution in [0.3, 0.4) is 0 Å². The Morgan fingerprint density at radius 1 is 1.35 bits per heavy atom. The third kappa shape index (κ3) is 1.85. The van der Waals surface area contributed by atoms with Gasteiger partial charge in [-0.3, -0.25) is 0 Å². The molecular weight excluding hydrogens is 257 g/mol. The second-order valence-electron chi connectivity index (χ2n) is 4.48. The van der Waals surface area contributed by atoms with E-state index in [9.17, 15) is 0 Å². The molecule has 1 saturated carbocycles. The lowest BCUT2D eigenvalue weighted by atomic mass is 10.1. The summed E-state index contributed by atoms with van der Waals surface area (Å²) in [5.41, 5.74) is 2.04. The predicted octanol–water partition coefficient (Wildman–Crippen LogP) is 4.34. The molecule has 1 N–H and O–H groups in total. The van der Waals surface area contributed by atoms with E-state index in [1.54, 1.807) is 0 Å². The number of rotatable bonds is 3. The second kappa shape index (κ2) is 4.20. The van der Waals surface area contributed by atoms with Crippen LogP contribution in [0.5, 0.6) is 0 Å². The molecule has 3 rings (SSSR count). The van der Waals surface area contributed by atoms with Gasteiger partial charge in [0.1, 0.15) is 10.8 Å². The minimum absolute atomic E-state index is 0.522. The number of fused-ring (bicyclic) bond motifs is 1. The molecule has 0 atom stereocenters. The summed E-state index contributed by atoms with van der Waals surface area (Å²) in [6.07, 6.45) is 2.48. The van der Waals surface area contributed by atoms with Crippen LogP contribution in [0.15, 0.2) is 16.5 Å². The molecular formula is C13H13Cl2NO. The van der Waals surface area contributed by atoms with Gasteiger partial charge in [0.25, 0.3) is 0 Å². The maximum atomic E-state index is 6.19. The highest BCUT2D eigenvalue weighted by molar-refractivity contribution is 6.44. The fourth-order valence-electron chi connectivity index (χ4n) is 2.28. The lowest BCUT2D eigenvalue weighted by Crippen LogP contribution is -2.05. The van der Waals surface area contributed by atoms with Crippen LogP contribution in [0.4, 0.5) is 0 Å². The van der Waals surface area contributed by atoms with Crippen molar-refractivity contribution in [2.75, 3.05) is 7.05 Å². The fourth-order valence-corrected chi connectivity index (χ4v) is 2.64. The first kappa shape index (κ1) is 11.4. The van der Waals surface area contributed by atoms with Gasteiger partial charge in [0, 0.05) is 10.9 Å². The standard InChI is InChI=1S/C13H13Cl2NO/c1-16-6-10-11(7-2-3-7)8-4-5-9(14)12(15)13(8)17-10/h4-5,7,16H,2-3,6H2,1H3. The van der Waals surface area contributed by atoms with Crippen molar-refractivity contribution in [3.63, 3.8) is 0 Å². The molecule has 1 aliphatic carbocycles. The van der Waals surface area contributed by atoms with Crippen LogP contribution in [0.2, 0.25) is 10.0 Å². The third-order valence-electron chi connectivity index (χ3n) is 3.19. The van der Waals surface area contributed by atoms with E-state index < -0.39 is 0 Å². The Morgan fingerprint density at radius 2 is 2.12 bits per heavy atom. The Balaban J connectivity index is 2.26. The van der Waals surface area contributed by atoms with E-state index in [0.29, 0.717) is 16.0 Å². The highest BCUT2D eigenvalue weighted by Gasteiger charge is 2.31. The topological polar surface area (TPSA) is 25.2 Å². The lowest BCUT2D eigenvalue weighted by Gasteiger charge is -1.99. The minimum atomic E-state index is 0.522. The van der Waals surface area contributed by atoms with Crippen molar-refractivity contribution in [1.29, 1.82) is 0 Å². The Hall–Kier alpha value is -0.700. The first-order valence-electron chi connectivity index (χ1n) is 5.76. The average Bonchev–Trinajstić information content (AvgIpc) is 3.07. The Bertz CT molecular complexity index is 572. The van der Waals surface area contributed by atoms with Crippen molar-refractivity contribution in [2.45, 2.75) is 25.3 Å². The van der Waals surface area contributed by atoms with Gasteiger partial charge in [0.2, 0.25) is 0 Å². The SMILES string of the molecule is CNCc1oc2c(Cl)c(Cl)ccc2c1C1CC1. The maximum Gasteiger partial charge on any atom is 0.154 e. The van der Waals surface area contributed by atoms with Crippen LogP contribution < -0.4 is 5.32 Å². The van der Waals surface area contributed by atoms with E-state index in [0.717, 1.165) is 23.3 Å². The number of nitrogens with one attached hydrogen (secondary N) is 1. The summed E-state index contributed by atoms with van der Waals surface area (Å²) in [6.45, 7) is 0.731. The van der Waals surface area contributed by atoms with Crippen LogP contribution in [-0.4, -0.2) is 7.05 Å². The van der Waals surface area contributed by atoms with Gasteiger partial charge >= 0.3 is 0 Å². The molecule has 1 aromatic carbocycles. The van der Waals surface area contributed by atoms with Gasteiger partial charge in [0.15, 0.2) is 5.58 Å². The molecule has 0 spiro atoms. The molecule has 1 aromatic heterocycles. The lowest BCUT2D eigenvalue weighted by molar-refractivity contribution is 0.524. The molecule has 0 saturated heterocycles. The van der Waals surface area contributed by atoms with Gasteiger partial charge in [-0.1, -0.05) is 23.2 Å². The van der Waals surface area contributed by atoms with Crippen LogP contribution in [0, 0.1) is 0 Å². The quantitative estimate of drug-likeness (QED) is 0.897. The van der Waals surface area contributed by atoms with Gasteiger partial charge in [-0.05, 0) is 37.9 Å². The molecule has 17 heavy (non-hydrogen) atoms. The third-order valence-corrected chi connectivity index (χ3v) is 3.98. The second-order valence-corrected chi connectivity index (χ2v) is 5.27. The van der Waals surface area contributed by atoms with E-state index in [2.05, 4.69) is 5.32 Å². The molecule has 1 heterocycles. The van der Waals surface area contributed by atoms with Crippen LogP contribution in [0.25, 0.3) is 11.0 Å². The Kier molecular flexibility index (Phi) is 2.81. The average molecular weight is 270 g/mol. The first-order valence-corrected chi connectivity index (χ1v) is 6.52. The summed E-state index contributed by atoms with van der Waals surface area (Å²) in [5, 5.41) is 5.32. The monoisotopic (exact) mass is 269 g/mol. The molecule has 0 radical (unpaired) electrons. The van der Waals surface area contributed by atoms with Crippen molar-refractivity contribution < 1.29 is 4.42 Å². The highest BCUT2D eigenvalue weighted by atomic mass is 35.5. The van der Waals surface area contributed by atoms with E-state index >= 15 is 0 Å². The zero-order valence-electron chi connectivity index (χ0n) is 9.52. The van der Waals surface area contributed by atoms with Crippen LogP contribution in [-0.2, 0) is 6.54 Å². The van der Waals surface area contributed by atoms with E-state index in [1.165, 1.54) is 18.4 Å². The largest absolute Gasteiger partial charge is 0.458 e. The number of furan rings is 1. The van der Waals surface area contributed by atoms with Crippen molar-refractivity contribution in [3.05, 3.63) is 33.5 Å². The molecule has 90 valence electrons. The van der Waals surface area contributed by atoms with Gasteiger partial charge in [-0.25, -0.2) is 0 Å². The predicted molar refractivity (Wildman–Crippen MR) is 71.0 cm³/mol. The van der Waals surface area contributed by atoms with Crippen LogP contribution >= 0.6 is 23.2 Å². The molecule has 1 aliphatic rings. The van der Waals surface area contributed by atoms with Gasteiger partial charge in [-0.2, -0.15) is 0 Å². The van der Waals surface area contributed by atoms with Crippen LogP contribution in [0.1, 0.15) is 30.1 Å². The van der Waals surface area contributed by atoms with Crippen molar-refractivity contribution in [3.8, 4) is 0 Å². The number of benzene rings is 1. The maximum absolute atomic E-state index is 6.19. The Morgan fingerprint density at radius 3 is 2.76 bits per heavy atom. The first-order chi connectivity index (χ1) is 8.22. The molecule has 0 amide bonds. The summed E-state index contributed by atoms with van der Waals surface area (Å²) in [5.74, 6) is 1.63. The zero-order valence-corrected chi connectivity index (χ0v) is 11.0. The van der Waals surface area contributed by atoms with Crippen molar-refractivity contribution in [2.24, 2.45) is 0 Å². The normalized spacial score (nSPS) is 15.7. The molecule has 1 fully saturated rings. The zero-order chi connectivity index (χ0) is 12.0. The minimum Gasteiger partial charge on any atom is -0.458 e. The molecule has 0 aliphatic heterocycles. The molecule has 2 aromatic rings. The van der Waals surface area contributed by atoms with E-state index in [1.807, 2.05) is 19.2 Å². The van der Waals surface area contributed by atoms with Gasteiger partial charge in [0.05, 0.1) is 11.6 Å². The molecule has 0 bridgehead atoms. The highest BCUT2D eigenvalue weighted by Crippen LogP contribution is 2.47. The summed E-state index contributed by atoms with van der Waals surface area (Å²) in [4.78, 5) is 0. The number of halogens is 2. The summed E-state index contributed by atoms with van der Waals surface area (Å²) >= 11 is 12.2. The molecule has 4 heteroatoms. The van der Waals surface area contributed by atoms with Gasteiger partial charge < -0.3 is 9.73 Å².